The maximum absolute atomic E-state index is 11.0. The summed E-state index contributed by atoms with van der Waals surface area (Å²) in [7, 11) is 9.90. The topological polar surface area (TPSA) is 216 Å². The number of ketones is 1. The van der Waals surface area contributed by atoms with Gasteiger partial charge in [-0.25, -0.2) is 0 Å². The average Bonchev–Trinajstić information content (AvgIpc) is 3.89. The number of non-ortho nitro benzene ring substituents is 3. The summed E-state index contributed by atoms with van der Waals surface area (Å²) in [5, 5.41) is 34.0. The van der Waals surface area contributed by atoms with Gasteiger partial charge < -0.3 is 15.4 Å². The molecule has 8 aromatic rings. The number of fused-ring (bicyclic) bond motifs is 10. The number of nitrogens with two attached hydrogens (primary N) is 1. The summed E-state index contributed by atoms with van der Waals surface area (Å²) >= 11 is -0.931. The fourth-order valence-corrected chi connectivity index (χ4v) is 8.36. The van der Waals surface area contributed by atoms with Gasteiger partial charge in [0.1, 0.15) is 5.78 Å². The number of nitrogen functional groups attached to an aromatic ring is 1. The molecule has 0 bridgehead atoms. The van der Waals surface area contributed by atoms with Crippen LogP contribution in [0.5, 0.6) is 0 Å². The Bertz CT molecular complexity index is 3050. The second-order valence-corrected chi connectivity index (χ2v) is 20.0. The number of hydrogen-bond acceptors (Lipinski definition) is 9. The molecule has 0 radical (unpaired) electrons. The Morgan fingerprint density at radius 3 is 1.63 bits per heavy atom. The van der Waals surface area contributed by atoms with Crippen LogP contribution in [0.15, 0.2) is 133 Å². The van der Waals surface area contributed by atoms with Crippen LogP contribution in [0.3, 0.4) is 0 Å². The molecule has 3 aliphatic carbocycles. The molecule has 0 unspecified atom stereocenters. The molecule has 0 atom stereocenters. The molecule has 0 aliphatic heterocycles. The van der Waals surface area contributed by atoms with Crippen LogP contribution in [0.2, 0.25) is 0 Å². The van der Waals surface area contributed by atoms with Crippen molar-refractivity contribution in [1.29, 1.82) is 0 Å². The first-order chi connectivity index (χ1) is 31.5. The number of anilines is 1. The first kappa shape index (κ1) is 46.2. The number of nitrogens with one attached hydrogen (secondary N) is 3. The van der Waals surface area contributed by atoms with Crippen LogP contribution in [0.4, 0.5) is 22.7 Å². The van der Waals surface area contributed by atoms with Gasteiger partial charge in [0.25, 0.3) is 17.1 Å². The molecule has 0 amide bonds. The molecular formula is C48H43Cl2N7O7Zn. The average molecular weight is 967 g/mol. The first-order valence-corrected chi connectivity index (χ1v) is 28.4. The number of nitrogens with zero attached hydrogens (tertiary/aromatic N) is 3. The molecule has 3 aliphatic rings. The molecule has 2 aromatic heterocycles. The Morgan fingerprint density at radius 1 is 0.554 bits per heavy atom. The molecular weight excluding hydrogens is 923 g/mol. The fraction of sp³-hybridized carbons (Fsp3) is 0.146. The summed E-state index contributed by atoms with van der Waals surface area (Å²) in [5.41, 5.74) is 17.7. The summed E-state index contributed by atoms with van der Waals surface area (Å²) in [5.74, 6) is 5.43. The van der Waals surface area contributed by atoms with Crippen LogP contribution in [-0.4, -0.2) is 30.5 Å². The number of halogens is 2. The van der Waals surface area contributed by atoms with E-state index in [-0.39, 0.29) is 28.3 Å². The van der Waals surface area contributed by atoms with E-state index < -0.39 is 20.1 Å². The van der Waals surface area contributed by atoms with Crippen molar-refractivity contribution in [2.45, 2.75) is 44.9 Å². The third-order valence-electron chi connectivity index (χ3n) is 11.5. The number of carbonyl (C=O) groups excluding carboxylic acids is 1. The van der Waals surface area contributed by atoms with Crippen LogP contribution in [0, 0.1) is 30.3 Å². The molecule has 0 fully saturated rings. The van der Waals surface area contributed by atoms with Gasteiger partial charge in [-0.1, -0.05) is 72.8 Å². The zero-order valence-electron chi connectivity index (χ0n) is 34.9. The van der Waals surface area contributed by atoms with E-state index in [9.17, 15) is 35.1 Å². The van der Waals surface area contributed by atoms with E-state index in [1.807, 2.05) is 36.4 Å². The van der Waals surface area contributed by atoms with E-state index in [1.165, 1.54) is 74.6 Å². The third kappa shape index (κ3) is 11.0. The minimum atomic E-state index is -0.931. The molecule has 14 nitrogen and oxygen atoms in total. The molecule has 328 valence electrons. The van der Waals surface area contributed by atoms with Crippen molar-refractivity contribution < 1.29 is 36.1 Å². The van der Waals surface area contributed by atoms with Gasteiger partial charge in [0, 0.05) is 108 Å². The zero-order chi connectivity index (χ0) is 46.0. The number of aromatic nitrogens is 2. The quantitative estimate of drug-likeness (QED) is 0.0570. The van der Waals surface area contributed by atoms with Crippen LogP contribution in [0.1, 0.15) is 52.6 Å². The van der Waals surface area contributed by atoms with Crippen molar-refractivity contribution >= 4 is 69.7 Å². The number of benzene rings is 6. The van der Waals surface area contributed by atoms with Crippen molar-refractivity contribution in [1.82, 2.24) is 9.97 Å². The van der Waals surface area contributed by atoms with Crippen molar-refractivity contribution in [3.8, 4) is 11.1 Å². The van der Waals surface area contributed by atoms with Gasteiger partial charge in [0.2, 0.25) is 0 Å². The summed E-state index contributed by atoms with van der Waals surface area (Å²) in [6, 6.07) is 40.8. The van der Waals surface area contributed by atoms with Crippen molar-refractivity contribution in [2.24, 2.45) is 5.84 Å². The van der Waals surface area contributed by atoms with Crippen LogP contribution >= 0.6 is 19.4 Å². The van der Waals surface area contributed by atoms with Crippen LogP contribution in [0.25, 0.3) is 32.9 Å². The van der Waals surface area contributed by atoms with Crippen molar-refractivity contribution in [3.05, 3.63) is 209 Å². The number of hydrazine groups is 1. The molecule has 0 spiro atoms. The van der Waals surface area contributed by atoms with Gasteiger partial charge in [-0.05, 0) is 82.5 Å². The molecule has 5 N–H and O–H groups in total. The number of aromatic amines is 2. The standard InChI is InChI=1S/2C16H12N2O2.C10H10O.C6H7N3O2.2ClH.Zn.H2/c19-18(20)11-6-8-14-13(9-11)16-12-4-2-1-3-10(12)5-7-15(16)17-14;19-18(20)12-5-6-15-14(9-12)13-7-10-3-1-2-4-11(10)8-16(13)17-15;11-10-6-5-8-3-1-2-4-9(8)7-10;7-8-5-1-3-6(4-2-5)9(10)11;;;;/h1-4,6,8-9,17H,5,7H2;1-6,9,17H,7-8H2;1-4H,5-7H2;1-4,8H,7H2;2*1H;;1H/q;;;;;;+2;/p-2/i;;;;;;;1+1. The number of carbonyl (C=O) groups is 1. The minimum absolute atomic E-state index is 0. The van der Waals surface area contributed by atoms with Crippen molar-refractivity contribution in [2.75, 3.05) is 5.43 Å². The monoisotopic (exact) mass is 964 g/mol. The molecule has 17 heteroatoms. The molecule has 0 saturated heterocycles. The summed E-state index contributed by atoms with van der Waals surface area (Å²) in [4.78, 5) is 48.7. The van der Waals surface area contributed by atoms with E-state index in [0.717, 1.165) is 65.9 Å². The molecule has 6 aromatic carbocycles. The zero-order valence-corrected chi connectivity index (χ0v) is 39.4. The Morgan fingerprint density at radius 2 is 1.03 bits per heavy atom. The maximum atomic E-state index is 11.0. The van der Waals surface area contributed by atoms with Gasteiger partial charge in [0.15, 0.2) is 0 Å². The number of hydrogen-bond donors (Lipinski definition) is 4. The Balaban J connectivity index is 0.000000147. The van der Waals surface area contributed by atoms with Gasteiger partial charge >= 0.3 is 34.5 Å². The summed E-state index contributed by atoms with van der Waals surface area (Å²) < 4.78 is 0. The fourth-order valence-electron chi connectivity index (χ4n) is 8.36. The van der Waals surface area contributed by atoms with Gasteiger partial charge in [-0.3, -0.25) is 41.0 Å². The SMILES string of the molecule is NNc1ccc([N+](=O)[O-])cc1.O=C1CCc2ccccc2C1.O=[N+]([O-])c1ccc2[nH]c3c(c2c1)-c1ccccc1CC3.O=[N+]([O-])c1ccc2[nH]c3c(c2c1)Cc1ccccc1C3.[2HH].[Cl][Zn][Cl]. The van der Waals surface area contributed by atoms with E-state index in [1.54, 1.807) is 36.4 Å². The number of nitro benzene ring substituents is 3. The van der Waals surface area contributed by atoms with Crippen molar-refractivity contribution in [3.63, 3.8) is 0 Å². The third-order valence-corrected chi connectivity index (χ3v) is 11.5. The normalized spacial score (nSPS) is 12.4. The number of rotatable bonds is 4. The molecule has 2 heterocycles. The second-order valence-electron chi connectivity index (χ2n) is 15.3. The number of nitro groups is 3. The van der Waals surface area contributed by atoms with Gasteiger partial charge in [0.05, 0.1) is 14.8 Å². The Kier molecular flexibility index (Phi) is 15.1. The van der Waals surface area contributed by atoms with Gasteiger partial charge in [-0.15, -0.1) is 0 Å². The summed E-state index contributed by atoms with van der Waals surface area (Å²) in [6.45, 7) is 0. The molecule has 0 saturated carbocycles. The first-order valence-electron chi connectivity index (χ1n) is 20.6. The van der Waals surface area contributed by atoms with E-state index >= 15 is 0 Å². The Labute approximate surface area is 389 Å². The Hall–Kier alpha value is -6.77. The molecule has 11 rings (SSSR count). The number of Topliss-reactive ketones (excluding diaryl/α,β-unsaturated/α-hetero) is 1. The van der Waals surface area contributed by atoms with Crippen LogP contribution in [-0.2, 0) is 58.5 Å². The predicted octanol–water partition coefficient (Wildman–Crippen LogP) is 11.7. The van der Waals surface area contributed by atoms with Crippen LogP contribution < -0.4 is 11.3 Å². The number of aryl methyl sites for hydroxylation is 3. The van der Waals surface area contributed by atoms with Gasteiger partial charge in [-0.2, -0.15) is 0 Å². The predicted molar refractivity (Wildman–Crippen MR) is 253 cm³/mol. The second kappa shape index (κ2) is 21.3. The van der Waals surface area contributed by atoms with E-state index in [4.69, 9.17) is 25.2 Å². The van der Waals surface area contributed by atoms with E-state index in [2.05, 4.69) is 51.8 Å². The summed E-state index contributed by atoms with van der Waals surface area (Å²) in [6.07, 6.45) is 6.00. The molecule has 65 heavy (non-hydrogen) atoms. The number of H-pyrrole nitrogens is 2. The van der Waals surface area contributed by atoms with E-state index in [0.29, 0.717) is 17.9 Å².